The van der Waals surface area contributed by atoms with E-state index in [1.165, 1.54) is 0 Å². The van der Waals surface area contributed by atoms with E-state index in [4.69, 9.17) is 15.0 Å². The summed E-state index contributed by atoms with van der Waals surface area (Å²) in [5, 5.41) is 3.80. The van der Waals surface area contributed by atoms with Gasteiger partial charge in [0, 0.05) is 12.5 Å². The van der Waals surface area contributed by atoms with Crippen LogP contribution in [0.5, 0.6) is 5.75 Å². The molecule has 1 heterocycles. The van der Waals surface area contributed by atoms with Crippen molar-refractivity contribution in [3.8, 4) is 5.75 Å². The highest BCUT2D eigenvalue weighted by molar-refractivity contribution is 5.28. The fourth-order valence-electron chi connectivity index (χ4n) is 1.51. The number of benzene rings is 1. The smallest absolute Gasteiger partial charge is 0.264 e. The van der Waals surface area contributed by atoms with E-state index in [1.54, 1.807) is 0 Å². The number of ether oxygens (including phenoxy) is 1. The maximum atomic E-state index is 5.77. The highest BCUT2D eigenvalue weighted by atomic mass is 16.5. The fraction of sp³-hybridized carbons (Fsp3) is 0.385. The van der Waals surface area contributed by atoms with Crippen LogP contribution in [0, 0.1) is 0 Å². The van der Waals surface area contributed by atoms with E-state index in [0.717, 1.165) is 17.7 Å². The van der Waals surface area contributed by atoms with Crippen molar-refractivity contribution in [1.82, 2.24) is 10.1 Å². The van der Waals surface area contributed by atoms with Crippen LogP contribution in [0.1, 0.15) is 37.2 Å². The third kappa shape index (κ3) is 3.07. The molecule has 0 spiro atoms. The van der Waals surface area contributed by atoms with Crippen molar-refractivity contribution in [3.05, 3.63) is 41.5 Å². The molecule has 1 aromatic carbocycles. The molecule has 2 N–H and O–H groups in total. The van der Waals surface area contributed by atoms with Gasteiger partial charge in [0.1, 0.15) is 5.75 Å². The Bertz CT molecular complexity index is 491. The topological polar surface area (TPSA) is 74.2 Å². The zero-order valence-electron chi connectivity index (χ0n) is 10.6. The lowest BCUT2D eigenvalue weighted by molar-refractivity contribution is 0.242. The molecule has 0 aliphatic heterocycles. The van der Waals surface area contributed by atoms with Crippen LogP contribution in [0.4, 0.5) is 0 Å². The second-order valence-corrected chi connectivity index (χ2v) is 4.10. The van der Waals surface area contributed by atoms with Crippen LogP contribution >= 0.6 is 0 Å². The van der Waals surface area contributed by atoms with Gasteiger partial charge in [0.15, 0.2) is 12.4 Å². The van der Waals surface area contributed by atoms with Gasteiger partial charge >= 0.3 is 0 Å². The zero-order valence-corrected chi connectivity index (χ0v) is 10.6. The zero-order chi connectivity index (χ0) is 13.0. The summed E-state index contributed by atoms with van der Waals surface area (Å²) in [7, 11) is 0. The lowest BCUT2D eigenvalue weighted by atomic mass is 10.1. The summed E-state index contributed by atoms with van der Waals surface area (Å²) >= 11 is 0. The van der Waals surface area contributed by atoms with Crippen LogP contribution in [0.2, 0.25) is 0 Å². The Kier molecular flexibility index (Phi) is 3.94. The number of hydrogen-bond donors (Lipinski definition) is 1. The lowest BCUT2D eigenvalue weighted by Crippen LogP contribution is -2.04. The molecule has 0 fully saturated rings. The van der Waals surface area contributed by atoms with E-state index in [1.807, 2.05) is 38.1 Å². The number of nitrogens with zero attached hydrogens (tertiary/aromatic N) is 2. The molecule has 18 heavy (non-hydrogen) atoms. The van der Waals surface area contributed by atoms with Crippen molar-refractivity contribution >= 4 is 0 Å². The fourth-order valence-corrected chi connectivity index (χ4v) is 1.51. The van der Waals surface area contributed by atoms with Gasteiger partial charge < -0.3 is 15.0 Å². The Morgan fingerprint density at radius 3 is 2.61 bits per heavy atom. The van der Waals surface area contributed by atoms with Gasteiger partial charge in [-0.25, -0.2) is 0 Å². The Labute approximate surface area is 106 Å². The summed E-state index contributed by atoms with van der Waals surface area (Å²) in [4.78, 5) is 4.17. The molecular weight excluding hydrogens is 230 g/mol. The minimum atomic E-state index is 0.0297. The predicted octanol–water partition coefficient (Wildman–Crippen LogP) is 2.23. The van der Waals surface area contributed by atoms with Gasteiger partial charge in [0.25, 0.3) is 5.89 Å². The summed E-state index contributed by atoms with van der Waals surface area (Å²) in [5.74, 6) is 1.94. The Hall–Kier alpha value is -1.88. The maximum absolute atomic E-state index is 5.77. The minimum Gasteiger partial charge on any atom is -0.484 e. The van der Waals surface area contributed by atoms with E-state index in [0.29, 0.717) is 11.7 Å². The molecular formula is C13H17N3O2. The molecule has 0 unspecified atom stereocenters. The van der Waals surface area contributed by atoms with E-state index < -0.39 is 0 Å². The molecule has 0 aliphatic rings. The van der Waals surface area contributed by atoms with Gasteiger partial charge in [-0.15, -0.1) is 0 Å². The van der Waals surface area contributed by atoms with Crippen LogP contribution in [-0.4, -0.2) is 10.1 Å². The van der Waals surface area contributed by atoms with E-state index in [2.05, 4.69) is 10.1 Å². The van der Waals surface area contributed by atoms with Crippen LogP contribution in [-0.2, 0) is 13.0 Å². The van der Waals surface area contributed by atoms with Gasteiger partial charge in [-0.05, 0) is 24.6 Å². The van der Waals surface area contributed by atoms with Crippen molar-refractivity contribution in [2.75, 3.05) is 0 Å². The summed E-state index contributed by atoms with van der Waals surface area (Å²) in [6.07, 6.45) is 0.757. The number of nitrogens with two attached hydrogens (primary N) is 1. The molecule has 0 radical (unpaired) electrons. The first-order valence-electron chi connectivity index (χ1n) is 5.99. The lowest BCUT2D eigenvalue weighted by Gasteiger charge is -2.07. The van der Waals surface area contributed by atoms with Crippen LogP contribution in [0.3, 0.4) is 0 Å². The molecule has 2 aromatic rings. The molecule has 5 heteroatoms. The number of hydrogen-bond acceptors (Lipinski definition) is 5. The van der Waals surface area contributed by atoms with E-state index >= 15 is 0 Å². The molecule has 0 bridgehead atoms. The third-order valence-corrected chi connectivity index (χ3v) is 2.59. The highest BCUT2D eigenvalue weighted by Gasteiger charge is 2.05. The summed E-state index contributed by atoms with van der Waals surface area (Å²) in [6, 6.07) is 7.70. The average Bonchev–Trinajstić information content (AvgIpc) is 2.85. The van der Waals surface area contributed by atoms with E-state index in [9.17, 15) is 0 Å². The molecule has 0 aliphatic carbocycles. The van der Waals surface area contributed by atoms with Crippen molar-refractivity contribution in [1.29, 1.82) is 0 Å². The molecule has 0 saturated carbocycles. The molecule has 96 valence electrons. The highest BCUT2D eigenvalue weighted by Crippen LogP contribution is 2.17. The van der Waals surface area contributed by atoms with Gasteiger partial charge in [-0.1, -0.05) is 24.2 Å². The summed E-state index contributed by atoms with van der Waals surface area (Å²) < 4.78 is 10.6. The number of aromatic nitrogens is 2. The normalized spacial score (nSPS) is 12.4. The Morgan fingerprint density at radius 1 is 1.33 bits per heavy atom. The second kappa shape index (κ2) is 5.64. The molecule has 0 saturated heterocycles. The Balaban J connectivity index is 1.93. The van der Waals surface area contributed by atoms with Crippen molar-refractivity contribution in [3.63, 3.8) is 0 Å². The quantitative estimate of drug-likeness (QED) is 0.877. The monoisotopic (exact) mass is 247 g/mol. The first-order valence-corrected chi connectivity index (χ1v) is 5.99. The van der Waals surface area contributed by atoms with Crippen LogP contribution in [0.25, 0.3) is 0 Å². The first-order chi connectivity index (χ1) is 8.69. The second-order valence-electron chi connectivity index (χ2n) is 4.10. The predicted molar refractivity (Wildman–Crippen MR) is 67.1 cm³/mol. The van der Waals surface area contributed by atoms with Gasteiger partial charge in [-0.2, -0.15) is 4.98 Å². The van der Waals surface area contributed by atoms with Crippen LogP contribution in [0.15, 0.2) is 28.8 Å². The molecule has 0 amide bonds. The molecule has 1 atom stereocenters. The van der Waals surface area contributed by atoms with Gasteiger partial charge in [0.05, 0.1) is 0 Å². The molecule has 5 nitrogen and oxygen atoms in total. The number of aryl methyl sites for hydroxylation is 1. The SMILES string of the molecule is CCc1noc(COc2ccc([C@H](C)N)cc2)n1. The maximum Gasteiger partial charge on any atom is 0.264 e. The summed E-state index contributed by atoms with van der Waals surface area (Å²) in [5.41, 5.74) is 6.85. The largest absolute Gasteiger partial charge is 0.484 e. The standard InChI is InChI=1S/C13H17N3O2/c1-3-12-15-13(18-16-12)8-17-11-6-4-10(5-7-11)9(2)14/h4-7,9H,3,8,14H2,1-2H3/t9-/m0/s1. The molecule has 2 rings (SSSR count). The average molecular weight is 247 g/mol. The third-order valence-electron chi connectivity index (χ3n) is 2.59. The minimum absolute atomic E-state index is 0.0297. The number of rotatable bonds is 5. The van der Waals surface area contributed by atoms with Gasteiger partial charge in [-0.3, -0.25) is 0 Å². The van der Waals surface area contributed by atoms with Gasteiger partial charge in [0.2, 0.25) is 0 Å². The summed E-state index contributed by atoms with van der Waals surface area (Å²) in [6.45, 7) is 4.20. The first kappa shape index (κ1) is 12.6. The van der Waals surface area contributed by atoms with Crippen molar-refractivity contribution in [2.45, 2.75) is 32.9 Å². The van der Waals surface area contributed by atoms with Crippen molar-refractivity contribution < 1.29 is 9.26 Å². The van der Waals surface area contributed by atoms with E-state index in [-0.39, 0.29) is 12.6 Å². The molecule has 1 aromatic heterocycles. The Morgan fingerprint density at radius 2 is 2.06 bits per heavy atom. The van der Waals surface area contributed by atoms with Crippen LogP contribution < -0.4 is 10.5 Å². The van der Waals surface area contributed by atoms with Crippen molar-refractivity contribution in [2.24, 2.45) is 5.73 Å².